The number of hydrogen-bond acceptors (Lipinski definition) is 5. The minimum absolute atomic E-state index is 0.0471. The standard InChI is InChI=1S/C58H47N7/c59-36-39-34-46(58-61-56(37-18-4-1-5-19-37)60-57(62-58)38-20-6-2-7-21-38)53(64-48-29-15-10-24-41(48)42-25-11-16-30-49(42)64)35-52(39)65-50-31-17-13-27-45(50)54-51(65)33-32-44-43-26-12-14-28-47(43)63(55(44)54)40-22-8-3-9-23-40/h1-20,22,24-35,38,40,43,47,56-58,60-62H,21,23H2. The summed E-state index contributed by atoms with van der Waals surface area (Å²) < 4.78 is 4.79. The molecule has 3 N–H and O–H groups in total. The minimum Gasteiger partial charge on any atom is -0.357 e. The van der Waals surface area contributed by atoms with Crippen LogP contribution in [0.15, 0.2) is 200 Å². The van der Waals surface area contributed by atoms with E-state index in [1.807, 2.05) is 0 Å². The van der Waals surface area contributed by atoms with Gasteiger partial charge in [-0.15, -0.1) is 0 Å². The van der Waals surface area contributed by atoms with Crippen LogP contribution in [0.1, 0.15) is 53.3 Å². The Hall–Kier alpha value is -7.47. The summed E-state index contributed by atoms with van der Waals surface area (Å²) in [6.45, 7) is 0. The first-order valence-electron chi connectivity index (χ1n) is 23.0. The zero-order valence-corrected chi connectivity index (χ0v) is 35.8. The molecular weight excluding hydrogens is 795 g/mol. The Morgan fingerprint density at radius 1 is 0.523 bits per heavy atom. The molecule has 7 atom stereocenters. The van der Waals surface area contributed by atoms with Crippen LogP contribution in [0, 0.1) is 17.2 Å². The van der Waals surface area contributed by atoms with Crippen molar-refractivity contribution in [2.45, 2.75) is 49.3 Å². The summed E-state index contributed by atoms with van der Waals surface area (Å²) in [4.78, 5) is 2.67. The van der Waals surface area contributed by atoms with Crippen LogP contribution in [0.3, 0.4) is 0 Å². The molecule has 4 heterocycles. The lowest BCUT2D eigenvalue weighted by atomic mass is 9.90. The number of hydrogen-bond donors (Lipinski definition) is 3. The van der Waals surface area contributed by atoms with Crippen molar-refractivity contribution < 1.29 is 0 Å². The molecule has 0 spiro atoms. The van der Waals surface area contributed by atoms with Crippen LogP contribution in [0.25, 0.3) is 55.0 Å². The van der Waals surface area contributed by atoms with Crippen LogP contribution in [0.2, 0.25) is 0 Å². The molecule has 7 heteroatoms. The Morgan fingerprint density at radius 2 is 1.17 bits per heavy atom. The molecule has 0 bridgehead atoms. The number of anilines is 1. The van der Waals surface area contributed by atoms with E-state index in [0.29, 0.717) is 5.56 Å². The lowest BCUT2D eigenvalue weighted by Crippen LogP contribution is -2.61. The van der Waals surface area contributed by atoms with E-state index in [0.717, 1.165) is 57.4 Å². The maximum absolute atomic E-state index is 11.5. The van der Waals surface area contributed by atoms with Crippen molar-refractivity contribution in [3.05, 3.63) is 223 Å². The van der Waals surface area contributed by atoms with Crippen LogP contribution in [0.5, 0.6) is 0 Å². The number of nitrogens with zero attached hydrogens (tertiary/aromatic N) is 4. The number of benzene rings is 6. The van der Waals surface area contributed by atoms with E-state index in [1.54, 1.807) is 0 Å². The average molecular weight is 842 g/mol. The number of nitriles is 1. The summed E-state index contributed by atoms with van der Waals surface area (Å²) in [5.74, 6) is 0.487. The first-order valence-corrected chi connectivity index (χ1v) is 23.0. The third kappa shape index (κ3) is 5.99. The van der Waals surface area contributed by atoms with E-state index in [2.05, 4.69) is 236 Å². The zero-order valence-electron chi connectivity index (χ0n) is 35.8. The zero-order chi connectivity index (χ0) is 43.0. The molecule has 0 radical (unpaired) electrons. The van der Waals surface area contributed by atoms with Gasteiger partial charge in [0.1, 0.15) is 6.07 Å². The number of fused-ring (bicyclic) bond motifs is 10. The summed E-state index contributed by atoms with van der Waals surface area (Å²) in [6, 6.07) is 49.1. The predicted octanol–water partition coefficient (Wildman–Crippen LogP) is 12.0. The lowest BCUT2D eigenvalue weighted by Gasteiger charge is -2.42. The van der Waals surface area contributed by atoms with Crippen LogP contribution in [0.4, 0.5) is 5.69 Å². The molecule has 13 rings (SSSR count). The van der Waals surface area contributed by atoms with Gasteiger partial charge in [-0.1, -0.05) is 164 Å². The van der Waals surface area contributed by atoms with Crippen molar-refractivity contribution in [1.29, 1.82) is 5.26 Å². The molecule has 1 fully saturated rings. The topological polar surface area (TPSA) is 73.0 Å². The number of aromatic nitrogens is 2. The Kier molecular flexibility index (Phi) is 8.99. The molecule has 7 nitrogen and oxygen atoms in total. The molecule has 2 aromatic heterocycles. The fourth-order valence-electron chi connectivity index (χ4n) is 11.6. The van der Waals surface area contributed by atoms with Gasteiger partial charge < -0.3 is 14.0 Å². The van der Waals surface area contributed by atoms with E-state index < -0.39 is 0 Å². The van der Waals surface area contributed by atoms with E-state index >= 15 is 0 Å². The Bertz CT molecular complexity index is 3390. The summed E-state index contributed by atoms with van der Waals surface area (Å²) in [6.07, 6.45) is 28.4. The Morgan fingerprint density at radius 3 is 1.89 bits per heavy atom. The SMILES string of the molecule is N#Cc1cc(C2NC(c3ccccc3)NC(C3C=CC=CC3)N2)c(-n2c3ccccc3c3ccccc32)cc1-n1c2ccccc2c2c3c(ccc21)C1C=CC=CC1N3C1C=CC=CC1. The van der Waals surface area contributed by atoms with E-state index in [9.17, 15) is 5.26 Å². The average Bonchev–Trinajstić information content (AvgIpc) is 4.02. The number of nitrogens with one attached hydrogen (secondary N) is 3. The molecule has 7 unspecified atom stereocenters. The first kappa shape index (κ1) is 38.0. The largest absolute Gasteiger partial charge is 0.357 e. The predicted molar refractivity (Wildman–Crippen MR) is 265 cm³/mol. The smallest absolute Gasteiger partial charge is 0.101 e. The van der Waals surface area contributed by atoms with Crippen molar-refractivity contribution >= 4 is 49.3 Å². The fourth-order valence-corrected chi connectivity index (χ4v) is 11.6. The monoisotopic (exact) mass is 841 g/mol. The highest BCUT2D eigenvalue weighted by atomic mass is 15.4. The van der Waals surface area contributed by atoms with Gasteiger partial charge in [0.25, 0.3) is 0 Å². The second-order valence-electron chi connectivity index (χ2n) is 17.9. The van der Waals surface area contributed by atoms with Crippen LogP contribution in [-0.4, -0.2) is 27.4 Å². The summed E-state index contributed by atoms with van der Waals surface area (Å²) in [5, 5.41) is 28.2. The number of rotatable bonds is 6. The highest BCUT2D eigenvalue weighted by Crippen LogP contribution is 2.52. The van der Waals surface area contributed by atoms with Crippen molar-refractivity contribution in [1.82, 2.24) is 25.1 Å². The van der Waals surface area contributed by atoms with Crippen LogP contribution >= 0.6 is 0 Å². The molecule has 314 valence electrons. The molecular formula is C58H47N7. The Labute approximate surface area is 378 Å². The van der Waals surface area contributed by atoms with E-state index in [1.165, 1.54) is 32.8 Å². The maximum atomic E-state index is 11.5. The van der Waals surface area contributed by atoms with E-state index in [4.69, 9.17) is 0 Å². The second kappa shape index (κ2) is 15.4. The minimum atomic E-state index is -0.320. The van der Waals surface area contributed by atoms with Gasteiger partial charge >= 0.3 is 0 Å². The summed E-state index contributed by atoms with van der Waals surface area (Å²) in [5.41, 5.74) is 11.7. The van der Waals surface area contributed by atoms with Crippen molar-refractivity contribution in [2.75, 3.05) is 4.90 Å². The molecule has 1 saturated heterocycles. The van der Waals surface area contributed by atoms with Gasteiger partial charge in [-0.3, -0.25) is 16.0 Å². The fraction of sp³-hybridized carbons (Fsp3) is 0.155. The summed E-state index contributed by atoms with van der Waals surface area (Å²) in [7, 11) is 0. The molecule has 0 saturated carbocycles. The van der Waals surface area contributed by atoms with Crippen molar-refractivity contribution in [2.24, 2.45) is 5.92 Å². The Balaban J connectivity index is 1.08. The van der Waals surface area contributed by atoms with Crippen molar-refractivity contribution in [3.8, 4) is 17.4 Å². The highest BCUT2D eigenvalue weighted by molar-refractivity contribution is 6.17. The van der Waals surface area contributed by atoms with Gasteiger partial charge in [-0.25, -0.2) is 0 Å². The third-order valence-electron chi connectivity index (χ3n) is 14.4. The van der Waals surface area contributed by atoms with Gasteiger partial charge in [0, 0.05) is 38.9 Å². The summed E-state index contributed by atoms with van der Waals surface area (Å²) >= 11 is 0. The number of allylic oxidation sites excluding steroid dienone is 7. The molecule has 6 aromatic carbocycles. The van der Waals surface area contributed by atoms with Crippen molar-refractivity contribution in [3.63, 3.8) is 0 Å². The highest BCUT2D eigenvalue weighted by Gasteiger charge is 2.42. The molecule has 65 heavy (non-hydrogen) atoms. The quantitative estimate of drug-likeness (QED) is 0.156. The van der Waals surface area contributed by atoms with Gasteiger partial charge in [0.05, 0.1) is 75.3 Å². The van der Waals surface area contributed by atoms with E-state index in [-0.39, 0.29) is 42.4 Å². The maximum Gasteiger partial charge on any atom is 0.101 e. The first-order chi connectivity index (χ1) is 32.2. The van der Waals surface area contributed by atoms with Gasteiger partial charge in [-0.05, 0) is 60.4 Å². The van der Waals surface area contributed by atoms with Gasteiger partial charge in [-0.2, -0.15) is 5.26 Å². The molecule has 2 aliphatic heterocycles. The third-order valence-corrected chi connectivity index (χ3v) is 14.4. The molecule has 3 aliphatic carbocycles. The molecule has 5 aliphatic rings. The molecule has 8 aromatic rings. The number of para-hydroxylation sites is 3. The second-order valence-corrected chi connectivity index (χ2v) is 17.9. The van der Waals surface area contributed by atoms with Gasteiger partial charge in [0.2, 0.25) is 0 Å². The normalized spacial score (nSPS) is 24.4. The molecule has 0 amide bonds. The van der Waals surface area contributed by atoms with Gasteiger partial charge in [0.15, 0.2) is 0 Å². The lowest BCUT2D eigenvalue weighted by molar-refractivity contribution is 0.170. The van der Waals surface area contributed by atoms with Crippen LogP contribution in [-0.2, 0) is 0 Å². The van der Waals surface area contributed by atoms with Crippen LogP contribution < -0.4 is 20.9 Å².